The maximum absolute atomic E-state index is 13.6. The minimum atomic E-state index is -0.102. The van der Waals surface area contributed by atoms with Crippen LogP contribution >= 0.6 is 0 Å². The summed E-state index contributed by atoms with van der Waals surface area (Å²) in [4.78, 5) is 32.0. The molecule has 0 amide bonds. The number of hydrogen-bond acceptors (Lipinski definition) is 6. The lowest BCUT2D eigenvalue weighted by Crippen LogP contribution is -2.45. The molecule has 0 radical (unpaired) electrons. The van der Waals surface area contributed by atoms with Crippen molar-refractivity contribution in [1.82, 2.24) is 9.80 Å². The number of nitrogens with zero attached hydrogens (tertiary/aromatic N) is 2. The molecule has 0 spiro atoms. The van der Waals surface area contributed by atoms with Gasteiger partial charge in [0.2, 0.25) is 0 Å². The minimum absolute atomic E-state index is 0.102. The van der Waals surface area contributed by atoms with Gasteiger partial charge in [-0.25, -0.2) is 0 Å². The second-order valence-electron chi connectivity index (χ2n) is 10.7. The highest BCUT2D eigenvalue weighted by Gasteiger charge is 2.30. The van der Waals surface area contributed by atoms with Crippen molar-refractivity contribution in [3.63, 3.8) is 0 Å². The third kappa shape index (κ3) is 7.45. The summed E-state index contributed by atoms with van der Waals surface area (Å²) in [6.45, 7) is 3.94. The van der Waals surface area contributed by atoms with Crippen molar-refractivity contribution in [1.29, 1.82) is 0 Å². The van der Waals surface area contributed by atoms with Gasteiger partial charge in [0, 0.05) is 11.1 Å². The maximum Gasteiger partial charge on any atom is 0.179 e. The molecule has 2 fully saturated rings. The van der Waals surface area contributed by atoms with Crippen molar-refractivity contribution >= 4 is 11.6 Å². The molecule has 0 N–H and O–H groups in total. The molecule has 0 aromatic heterocycles. The summed E-state index contributed by atoms with van der Waals surface area (Å²) in [6.07, 6.45) is 10.6. The highest BCUT2D eigenvalue weighted by molar-refractivity contribution is 6.00. The van der Waals surface area contributed by atoms with E-state index in [4.69, 9.17) is 9.47 Å². The fraction of sp³-hybridized carbons (Fsp3) is 0.562. The van der Waals surface area contributed by atoms with Crippen LogP contribution in [0.25, 0.3) is 0 Å². The molecule has 2 aliphatic heterocycles. The number of ketones is 2. The number of Topliss-reactive ketones (excluding diaryl/α,β-unsaturated/α-hetero) is 2. The normalized spacial score (nSPS) is 18.5. The first-order valence-corrected chi connectivity index (χ1v) is 14.5. The third-order valence-electron chi connectivity index (χ3n) is 8.22. The summed E-state index contributed by atoms with van der Waals surface area (Å²) in [5, 5.41) is 0. The van der Waals surface area contributed by atoms with Crippen molar-refractivity contribution in [2.45, 2.75) is 76.3 Å². The zero-order valence-electron chi connectivity index (χ0n) is 23.2. The van der Waals surface area contributed by atoms with Crippen LogP contribution in [0.1, 0.15) is 84.9 Å². The lowest BCUT2D eigenvalue weighted by molar-refractivity contribution is 0.0733. The highest BCUT2D eigenvalue weighted by atomic mass is 16.5. The molecule has 0 aliphatic carbocycles. The molecular formula is C32H44N2O4. The number of benzene rings is 2. The Balaban J connectivity index is 1.41. The monoisotopic (exact) mass is 520 g/mol. The average Bonchev–Trinajstić information content (AvgIpc) is 2.99. The third-order valence-corrected chi connectivity index (χ3v) is 8.22. The number of ether oxygens (including phenoxy) is 2. The standard InChI is InChI=1S/C32H44N2O4/c1-37-27-17-13-25(14-18-27)31(35)29(33-21-7-3-8-22-33)11-5-6-12-30(34-23-9-4-10-24-34)32(36)26-15-19-28(38-2)20-16-26/h13-20,29-30H,3-12,21-24H2,1-2H3/t29-,30+. The first-order valence-electron chi connectivity index (χ1n) is 14.5. The molecule has 2 aliphatic rings. The van der Waals surface area contributed by atoms with Gasteiger partial charge in [-0.1, -0.05) is 25.7 Å². The Morgan fingerprint density at radius 1 is 0.605 bits per heavy atom. The number of hydrogen-bond donors (Lipinski definition) is 0. The molecule has 2 atom stereocenters. The van der Waals surface area contributed by atoms with Crippen LogP contribution < -0.4 is 9.47 Å². The molecule has 2 saturated heterocycles. The summed E-state index contributed by atoms with van der Waals surface area (Å²) >= 11 is 0. The van der Waals surface area contributed by atoms with E-state index < -0.39 is 0 Å². The molecule has 6 nitrogen and oxygen atoms in total. The second kappa shape index (κ2) is 14.5. The second-order valence-corrected chi connectivity index (χ2v) is 10.7. The Bertz CT molecular complexity index is 925. The number of carbonyl (C=O) groups excluding carboxylic acids is 2. The van der Waals surface area contributed by atoms with Gasteiger partial charge in [-0.3, -0.25) is 19.4 Å². The predicted molar refractivity (Wildman–Crippen MR) is 152 cm³/mol. The van der Waals surface area contributed by atoms with Crippen LogP contribution in [0.3, 0.4) is 0 Å². The van der Waals surface area contributed by atoms with Crippen molar-refractivity contribution in [3.8, 4) is 11.5 Å². The molecule has 0 saturated carbocycles. The highest BCUT2D eigenvalue weighted by Crippen LogP contribution is 2.25. The summed E-state index contributed by atoms with van der Waals surface area (Å²) < 4.78 is 10.6. The smallest absolute Gasteiger partial charge is 0.179 e. The number of carbonyl (C=O) groups is 2. The zero-order chi connectivity index (χ0) is 26.7. The molecule has 2 heterocycles. The van der Waals surface area contributed by atoms with Crippen LogP contribution in [-0.4, -0.2) is 73.8 Å². The van der Waals surface area contributed by atoms with Crippen LogP contribution in [0.5, 0.6) is 11.5 Å². The van der Waals surface area contributed by atoms with Crippen LogP contribution in [0.15, 0.2) is 48.5 Å². The molecular weight excluding hydrogens is 476 g/mol. The summed E-state index contributed by atoms with van der Waals surface area (Å²) in [6, 6.07) is 14.8. The number of piperidine rings is 2. The van der Waals surface area contributed by atoms with Crippen LogP contribution in [0.4, 0.5) is 0 Å². The Hall–Kier alpha value is -2.70. The average molecular weight is 521 g/mol. The topological polar surface area (TPSA) is 59.1 Å². The summed E-state index contributed by atoms with van der Waals surface area (Å²) in [7, 11) is 3.29. The summed E-state index contributed by atoms with van der Waals surface area (Å²) in [5.74, 6) is 1.94. The van der Waals surface area contributed by atoms with E-state index >= 15 is 0 Å². The van der Waals surface area contributed by atoms with Gasteiger partial charge in [0.25, 0.3) is 0 Å². The molecule has 206 valence electrons. The van der Waals surface area contributed by atoms with Crippen LogP contribution in [-0.2, 0) is 0 Å². The Labute approximate surface area is 228 Å². The largest absolute Gasteiger partial charge is 0.497 e. The lowest BCUT2D eigenvalue weighted by Gasteiger charge is -2.35. The SMILES string of the molecule is COc1ccc(C(=O)[C@@H](CCCC[C@@H](C(=O)c2ccc(OC)cc2)N2CCCCC2)N2CCCCC2)cc1. The first kappa shape index (κ1) is 28.3. The van der Waals surface area contributed by atoms with Crippen molar-refractivity contribution in [3.05, 3.63) is 59.7 Å². The first-order chi connectivity index (χ1) is 18.6. The predicted octanol–water partition coefficient (Wildman–Crippen LogP) is 6.04. The van der Waals surface area contributed by atoms with E-state index in [0.29, 0.717) is 0 Å². The van der Waals surface area contributed by atoms with Crippen molar-refractivity contribution in [2.24, 2.45) is 0 Å². The van der Waals surface area contributed by atoms with E-state index in [-0.39, 0.29) is 23.7 Å². The zero-order valence-corrected chi connectivity index (χ0v) is 23.2. The van der Waals surface area contributed by atoms with Gasteiger partial charge in [0.15, 0.2) is 11.6 Å². The Morgan fingerprint density at radius 2 is 0.947 bits per heavy atom. The van der Waals surface area contributed by atoms with Gasteiger partial charge in [-0.15, -0.1) is 0 Å². The number of rotatable bonds is 13. The van der Waals surface area contributed by atoms with Gasteiger partial charge in [0.1, 0.15) is 11.5 Å². The molecule has 0 unspecified atom stereocenters. The van der Waals surface area contributed by atoms with E-state index in [2.05, 4.69) is 9.80 Å². The van der Waals surface area contributed by atoms with E-state index in [1.165, 1.54) is 12.8 Å². The van der Waals surface area contributed by atoms with Crippen LogP contribution in [0.2, 0.25) is 0 Å². The maximum atomic E-state index is 13.6. The molecule has 38 heavy (non-hydrogen) atoms. The van der Waals surface area contributed by atoms with Gasteiger partial charge < -0.3 is 9.47 Å². The molecule has 2 aromatic carbocycles. The van der Waals surface area contributed by atoms with Gasteiger partial charge >= 0.3 is 0 Å². The molecule has 4 rings (SSSR count). The van der Waals surface area contributed by atoms with Crippen molar-refractivity contribution in [2.75, 3.05) is 40.4 Å². The van der Waals surface area contributed by atoms with E-state index in [1.807, 2.05) is 48.5 Å². The fourth-order valence-electron chi connectivity index (χ4n) is 5.99. The quantitative estimate of drug-likeness (QED) is 0.237. The van der Waals surface area contributed by atoms with E-state index in [9.17, 15) is 9.59 Å². The molecule has 2 aromatic rings. The number of likely N-dealkylation sites (tertiary alicyclic amines) is 2. The van der Waals surface area contributed by atoms with E-state index in [0.717, 1.165) is 100 Å². The van der Waals surface area contributed by atoms with Gasteiger partial charge in [0.05, 0.1) is 26.3 Å². The Morgan fingerprint density at radius 3 is 1.26 bits per heavy atom. The molecule has 6 heteroatoms. The number of unbranched alkanes of at least 4 members (excludes halogenated alkanes) is 1. The van der Waals surface area contributed by atoms with Crippen molar-refractivity contribution < 1.29 is 19.1 Å². The van der Waals surface area contributed by atoms with Gasteiger partial charge in [-0.2, -0.15) is 0 Å². The molecule has 0 bridgehead atoms. The van der Waals surface area contributed by atoms with Crippen LogP contribution in [0, 0.1) is 0 Å². The fourth-order valence-corrected chi connectivity index (χ4v) is 5.99. The minimum Gasteiger partial charge on any atom is -0.497 e. The van der Waals surface area contributed by atoms with E-state index in [1.54, 1.807) is 14.2 Å². The van der Waals surface area contributed by atoms with Gasteiger partial charge in [-0.05, 0) is 113 Å². The summed E-state index contributed by atoms with van der Waals surface area (Å²) in [5.41, 5.74) is 1.50. The lowest BCUT2D eigenvalue weighted by atomic mass is 9.92. The number of methoxy groups -OCH3 is 2. The Kier molecular flexibility index (Phi) is 10.8.